The molecule has 0 aromatic rings. The van der Waals surface area contributed by atoms with E-state index >= 15 is 0 Å². The fourth-order valence-electron chi connectivity index (χ4n) is 2.20. The molecule has 3 N–H and O–H groups in total. The Kier molecular flexibility index (Phi) is 4.55. The summed E-state index contributed by atoms with van der Waals surface area (Å²) < 4.78 is 5.53. The molecule has 1 atom stereocenters. The standard InChI is InChI=1S/C13H25NO3/c1-5-13(4,16)11(15)17-12(2,3)10-6-8-14-9-7-10/h10,14,16H,5-9H2,1-4H3/p+1. The van der Waals surface area contributed by atoms with E-state index in [1.54, 1.807) is 6.92 Å². The maximum Gasteiger partial charge on any atom is 0.338 e. The van der Waals surface area contributed by atoms with Gasteiger partial charge in [-0.05, 0) is 27.2 Å². The van der Waals surface area contributed by atoms with Crippen molar-refractivity contribution in [3.05, 3.63) is 0 Å². The van der Waals surface area contributed by atoms with Crippen molar-refractivity contribution in [2.75, 3.05) is 13.1 Å². The van der Waals surface area contributed by atoms with E-state index in [4.69, 9.17) is 4.74 Å². The van der Waals surface area contributed by atoms with Gasteiger partial charge in [0.25, 0.3) is 0 Å². The summed E-state index contributed by atoms with van der Waals surface area (Å²) in [5.41, 5.74) is -1.84. The lowest BCUT2D eigenvalue weighted by Gasteiger charge is -2.37. The highest BCUT2D eigenvalue weighted by Crippen LogP contribution is 2.29. The molecule has 1 aliphatic heterocycles. The van der Waals surface area contributed by atoms with Crippen LogP contribution < -0.4 is 5.32 Å². The minimum Gasteiger partial charge on any atom is -0.457 e. The number of ether oxygens (including phenoxy) is 1. The predicted molar refractivity (Wildman–Crippen MR) is 65.5 cm³/mol. The Bertz CT molecular complexity index is 268. The maximum absolute atomic E-state index is 11.9. The van der Waals surface area contributed by atoms with Gasteiger partial charge < -0.3 is 15.2 Å². The van der Waals surface area contributed by atoms with Gasteiger partial charge in [0.1, 0.15) is 5.60 Å². The maximum atomic E-state index is 11.9. The second-order valence-electron chi connectivity index (χ2n) is 5.76. The number of hydrogen-bond donors (Lipinski definition) is 2. The Morgan fingerprint density at radius 1 is 1.35 bits per heavy atom. The first kappa shape index (κ1) is 14.5. The van der Waals surface area contributed by atoms with Crippen LogP contribution in [0, 0.1) is 5.92 Å². The molecule has 0 amide bonds. The topological polar surface area (TPSA) is 63.1 Å². The quantitative estimate of drug-likeness (QED) is 0.706. The zero-order valence-corrected chi connectivity index (χ0v) is 11.5. The fraction of sp³-hybridized carbons (Fsp3) is 0.923. The summed E-state index contributed by atoms with van der Waals surface area (Å²) in [4.78, 5) is 11.9. The van der Waals surface area contributed by atoms with Crippen molar-refractivity contribution in [3.8, 4) is 0 Å². The van der Waals surface area contributed by atoms with Crippen molar-refractivity contribution >= 4 is 5.97 Å². The Labute approximate surface area is 104 Å². The van der Waals surface area contributed by atoms with Crippen LogP contribution in [0.2, 0.25) is 0 Å². The number of piperidine rings is 1. The molecule has 0 radical (unpaired) electrons. The van der Waals surface area contributed by atoms with E-state index in [1.165, 1.54) is 6.92 Å². The first-order chi connectivity index (χ1) is 7.79. The zero-order valence-electron chi connectivity index (χ0n) is 11.5. The molecule has 1 rings (SSSR count). The van der Waals surface area contributed by atoms with Gasteiger partial charge >= 0.3 is 5.97 Å². The second-order valence-corrected chi connectivity index (χ2v) is 5.76. The molecule has 1 heterocycles. The highest BCUT2D eigenvalue weighted by Gasteiger charge is 2.39. The van der Waals surface area contributed by atoms with E-state index in [9.17, 15) is 9.90 Å². The van der Waals surface area contributed by atoms with Gasteiger partial charge in [0.15, 0.2) is 5.60 Å². The summed E-state index contributed by atoms with van der Waals surface area (Å²) in [7, 11) is 0. The van der Waals surface area contributed by atoms with Gasteiger partial charge in [-0.15, -0.1) is 0 Å². The molecular weight excluding hydrogens is 218 g/mol. The number of aliphatic hydroxyl groups is 1. The van der Waals surface area contributed by atoms with Crippen LogP contribution in [0.15, 0.2) is 0 Å². The molecular formula is C13H26NO3+. The molecule has 0 aromatic heterocycles. The van der Waals surface area contributed by atoms with Gasteiger partial charge in [0, 0.05) is 18.8 Å². The molecule has 1 unspecified atom stereocenters. The predicted octanol–water partition coefficient (Wildman–Crippen LogP) is 0.443. The van der Waals surface area contributed by atoms with Crippen LogP contribution in [-0.2, 0) is 9.53 Å². The van der Waals surface area contributed by atoms with Crippen molar-refractivity contribution in [2.45, 2.75) is 58.2 Å². The number of carbonyl (C=O) groups is 1. The number of hydrogen-bond acceptors (Lipinski definition) is 3. The summed E-state index contributed by atoms with van der Waals surface area (Å²) in [6.07, 6.45) is 2.50. The second kappa shape index (κ2) is 5.36. The van der Waals surface area contributed by atoms with Gasteiger partial charge in [-0.25, -0.2) is 4.79 Å². The van der Waals surface area contributed by atoms with Gasteiger partial charge in [-0.2, -0.15) is 0 Å². The monoisotopic (exact) mass is 244 g/mol. The van der Waals surface area contributed by atoms with Gasteiger partial charge in [-0.1, -0.05) is 6.92 Å². The molecule has 0 bridgehead atoms. The van der Waals surface area contributed by atoms with Crippen molar-refractivity contribution < 1.29 is 20.0 Å². The molecule has 0 spiro atoms. The minimum absolute atomic E-state index is 0.375. The summed E-state index contributed by atoms with van der Waals surface area (Å²) in [5.74, 6) is -0.108. The number of carbonyl (C=O) groups excluding carboxylic acids is 1. The minimum atomic E-state index is -1.36. The van der Waals surface area contributed by atoms with Gasteiger partial charge in [-0.3, -0.25) is 0 Å². The lowest BCUT2D eigenvalue weighted by molar-refractivity contribution is -0.665. The first-order valence-corrected chi connectivity index (χ1v) is 6.57. The van der Waals surface area contributed by atoms with Gasteiger partial charge in [0.2, 0.25) is 0 Å². The third-order valence-electron chi connectivity index (χ3n) is 3.91. The Morgan fingerprint density at radius 2 is 1.88 bits per heavy atom. The number of quaternary nitrogens is 1. The molecule has 0 aliphatic carbocycles. The summed E-state index contributed by atoms with van der Waals surface area (Å²) >= 11 is 0. The Hall–Kier alpha value is -0.610. The molecule has 4 nitrogen and oxygen atoms in total. The first-order valence-electron chi connectivity index (χ1n) is 6.57. The molecule has 1 saturated heterocycles. The van der Waals surface area contributed by atoms with Crippen LogP contribution in [0.1, 0.15) is 47.0 Å². The van der Waals surface area contributed by atoms with Crippen LogP contribution in [-0.4, -0.2) is 35.4 Å². The summed E-state index contributed by atoms with van der Waals surface area (Å²) in [6, 6.07) is 0. The van der Waals surface area contributed by atoms with Crippen LogP contribution in [0.4, 0.5) is 0 Å². The van der Waals surface area contributed by atoms with Crippen LogP contribution in [0.3, 0.4) is 0 Å². The number of nitrogens with two attached hydrogens (primary N) is 1. The van der Waals surface area contributed by atoms with E-state index < -0.39 is 17.2 Å². The third-order valence-corrected chi connectivity index (χ3v) is 3.91. The molecule has 100 valence electrons. The van der Waals surface area contributed by atoms with E-state index in [1.807, 2.05) is 13.8 Å². The SMILES string of the molecule is CCC(C)(O)C(=O)OC(C)(C)C1CC[NH2+]CC1. The van der Waals surface area contributed by atoms with E-state index in [0.717, 1.165) is 25.9 Å². The van der Waals surface area contributed by atoms with Crippen LogP contribution >= 0.6 is 0 Å². The molecule has 0 aromatic carbocycles. The fourth-order valence-corrected chi connectivity index (χ4v) is 2.20. The van der Waals surface area contributed by atoms with Crippen molar-refractivity contribution in [2.24, 2.45) is 5.92 Å². The van der Waals surface area contributed by atoms with E-state index in [0.29, 0.717) is 12.3 Å². The van der Waals surface area contributed by atoms with Crippen molar-refractivity contribution in [1.29, 1.82) is 0 Å². The summed E-state index contributed by atoms with van der Waals surface area (Å²) in [6.45, 7) is 9.38. The highest BCUT2D eigenvalue weighted by atomic mass is 16.6. The highest BCUT2D eigenvalue weighted by molar-refractivity contribution is 5.79. The largest absolute Gasteiger partial charge is 0.457 e. The lowest BCUT2D eigenvalue weighted by Crippen LogP contribution is -2.86. The average molecular weight is 244 g/mol. The molecule has 1 aliphatic rings. The average Bonchev–Trinajstić information content (AvgIpc) is 2.29. The number of rotatable bonds is 4. The molecule has 1 fully saturated rings. The van der Waals surface area contributed by atoms with Gasteiger partial charge in [0.05, 0.1) is 13.1 Å². The molecule has 0 saturated carbocycles. The number of esters is 1. The van der Waals surface area contributed by atoms with Crippen LogP contribution in [0.5, 0.6) is 0 Å². The summed E-state index contributed by atoms with van der Waals surface area (Å²) in [5, 5.41) is 12.2. The third kappa shape index (κ3) is 3.68. The molecule has 4 heteroatoms. The lowest BCUT2D eigenvalue weighted by atomic mass is 9.83. The Balaban J connectivity index is 2.61. The smallest absolute Gasteiger partial charge is 0.338 e. The van der Waals surface area contributed by atoms with Crippen molar-refractivity contribution in [1.82, 2.24) is 0 Å². The van der Waals surface area contributed by atoms with Crippen LogP contribution in [0.25, 0.3) is 0 Å². The zero-order chi connectivity index (χ0) is 13.1. The normalized spacial score (nSPS) is 21.9. The molecule has 17 heavy (non-hydrogen) atoms. The Morgan fingerprint density at radius 3 is 2.35 bits per heavy atom. The van der Waals surface area contributed by atoms with E-state index in [-0.39, 0.29) is 0 Å². The van der Waals surface area contributed by atoms with Crippen molar-refractivity contribution in [3.63, 3.8) is 0 Å². The van der Waals surface area contributed by atoms with E-state index in [2.05, 4.69) is 5.32 Å².